The zero-order chi connectivity index (χ0) is 37.1. The Kier molecular flexibility index (Phi) is 24.3. The molecule has 4 rings (SSSR count). The van der Waals surface area contributed by atoms with E-state index in [0.29, 0.717) is 31.0 Å². The molecule has 2 aromatic rings. The van der Waals surface area contributed by atoms with Gasteiger partial charge < -0.3 is 55.3 Å². The van der Waals surface area contributed by atoms with Gasteiger partial charge in [0, 0.05) is 44.4 Å². The van der Waals surface area contributed by atoms with Gasteiger partial charge in [-0.05, 0) is 66.9 Å². The van der Waals surface area contributed by atoms with Crippen LogP contribution in [0.2, 0.25) is 0 Å². The molecule has 2 aliphatic heterocycles. The number of unbranched alkanes of at least 4 members (excludes halogenated alkanes) is 8. The molecule has 12 heteroatoms. The molecule has 2 fully saturated rings. The molecule has 0 aliphatic carbocycles. The molecule has 2 aliphatic rings. The van der Waals surface area contributed by atoms with E-state index in [4.69, 9.17) is 34.8 Å². The number of benzene rings is 2. The molecule has 0 radical (unpaired) electrons. The zero-order valence-electron chi connectivity index (χ0n) is 32.8. The summed E-state index contributed by atoms with van der Waals surface area (Å²) in [5, 5.41) is 19.6. The molecular weight excluding hydrogens is 803 g/mol. The maximum Gasteiger partial charge on any atom is 5.00 e. The summed E-state index contributed by atoms with van der Waals surface area (Å²) < 4.78 is 6.47. The van der Waals surface area contributed by atoms with Crippen molar-refractivity contribution in [2.45, 2.75) is 128 Å². The average Bonchev–Trinajstić information content (AvgIpc) is 3.37. The van der Waals surface area contributed by atoms with Gasteiger partial charge in [0.25, 0.3) is 0 Å². The molecule has 2 bridgehead atoms. The first-order valence-corrected chi connectivity index (χ1v) is 21.2. The minimum atomic E-state index is -0.220. The number of oxime groups is 1. The molecule has 9 nitrogen and oxygen atoms in total. The van der Waals surface area contributed by atoms with Crippen LogP contribution in [-0.2, 0) is 65.2 Å². The minimum Gasteiger partial charge on any atom is -2.00 e. The van der Waals surface area contributed by atoms with Crippen molar-refractivity contribution in [3.8, 4) is 0 Å². The van der Waals surface area contributed by atoms with E-state index in [1.54, 1.807) is 7.11 Å². The van der Waals surface area contributed by atoms with Crippen LogP contribution in [0.15, 0.2) is 52.6 Å². The van der Waals surface area contributed by atoms with Gasteiger partial charge in [0.15, 0.2) is 0 Å². The maximum absolute atomic E-state index is 13.5. The normalized spacial score (nSPS) is 21.6. The first-order chi connectivity index (χ1) is 25.4. The van der Waals surface area contributed by atoms with Crippen LogP contribution in [0, 0.1) is 5.92 Å². The van der Waals surface area contributed by atoms with E-state index < -0.39 is 0 Å². The third-order valence-electron chi connectivity index (χ3n) is 11.0. The second kappa shape index (κ2) is 27.1. The average molecular weight is 866 g/mol. The third-order valence-corrected chi connectivity index (χ3v) is 11.4. The van der Waals surface area contributed by atoms with Crippen molar-refractivity contribution in [2.75, 3.05) is 51.3 Å². The number of ether oxygens (including phenoxy) is 1. The summed E-state index contributed by atoms with van der Waals surface area (Å²) in [7, 11) is 1.62. The second-order valence-electron chi connectivity index (χ2n) is 14.6. The Morgan fingerprint density at radius 3 is 2.30 bits per heavy atom. The quantitative estimate of drug-likeness (QED) is 0.0260. The zero-order valence-corrected chi connectivity index (χ0v) is 36.3. The standard InChI is InChI=1S/C42H66N4O4S2.O.Tc/c1-4-6-7-8-9-10-11-12-13-19-40(48)50-38-30-35-29-36(34-21-20-32-17-14-15-18-33(32)28-34)41(37(5-2)44-49-3)42(38)46(35)24-16-23-45(25-27-52)31-39(47)43-22-26-51;;/h14-15,17-18,20-21,28,35-36,38,41-42,51-52H,4-13,16,19,22-27,29-31H2,1-3H3,(H,43,47);;/q;-2;+5/p-3/i;;1+0. The number of hydrogen-bond donors (Lipinski definition) is 0. The van der Waals surface area contributed by atoms with Gasteiger partial charge in [-0.25, -0.2) is 0 Å². The van der Waals surface area contributed by atoms with Crippen molar-refractivity contribution in [3.63, 3.8) is 0 Å². The number of fused-ring (bicyclic) bond motifs is 3. The molecule has 5 atom stereocenters. The van der Waals surface area contributed by atoms with Gasteiger partial charge in [0.1, 0.15) is 13.2 Å². The third kappa shape index (κ3) is 14.7. The van der Waals surface area contributed by atoms with Crippen molar-refractivity contribution in [1.82, 2.24) is 9.80 Å². The topological polar surface area (TPSA) is 118 Å². The van der Waals surface area contributed by atoms with Gasteiger partial charge in [-0.2, -0.15) is 11.5 Å². The fourth-order valence-corrected chi connectivity index (χ4v) is 8.93. The SMILES string of the molecule is CCCCCCCCCCCC(=O)OC1CC2CC(c3ccc4ccccc4c3)C(C(CC)=NOC)C1N2CCCN(CC[S-])CC([O-])=NCC[S-].[98Tc+5].[O-2]. The van der Waals surface area contributed by atoms with Crippen LogP contribution in [-0.4, -0.2) is 96.9 Å². The second-order valence-corrected chi connectivity index (χ2v) is 15.4. The summed E-state index contributed by atoms with van der Waals surface area (Å²) in [6, 6.07) is 15.6. The van der Waals surface area contributed by atoms with Crippen LogP contribution >= 0.6 is 0 Å². The predicted molar refractivity (Wildman–Crippen MR) is 219 cm³/mol. The fraction of sp³-hybridized carbons (Fsp3) is 0.690. The van der Waals surface area contributed by atoms with E-state index in [1.807, 2.05) is 0 Å². The summed E-state index contributed by atoms with van der Waals surface area (Å²) in [4.78, 5) is 27.7. The van der Waals surface area contributed by atoms with Gasteiger partial charge in [0.2, 0.25) is 0 Å². The number of piperidine rings is 1. The van der Waals surface area contributed by atoms with E-state index in [0.717, 1.165) is 57.3 Å². The van der Waals surface area contributed by atoms with Crippen LogP contribution in [0.1, 0.15) is 115 Å². The van der Waals surface area contributed by atoms with E-state index in [9.17, 15) is 9.90 Å². The Morgan fingerprint density at radius 2 is 1.63 bits per heavy atom. The monoisotopic (exact) mass is 865 g/mol. The van der Waals surface area contributed by atoms with Crippen LogP contribution in [0.3, 0.4) is 0 Å². The largest absolute Gasteiger partial charge is 5.00 e. The fourth-order valence-electron chi connectivity index (χ4n) is 8.58. The van der Waals surface area contributed by atoms with E-state index in [-0.39, 0.29) is 74.0 Å². The first-order valence-electron chi connectivity index (χ1n) is 20.1. The van der Waals surface area contributed by atoms with Crippen LogP contribution in [0.5, 0.6) is 0 Å². The Hall–Kier alpha value is -1.66. The van der Waals surface area contributed by atoms with Crippen LogP contribution < -0.4 is 5.11 Å². The number of esters is 1. The Balaban J connectivity index is 0.00000504. The smallest absolute Gasteiger partial charge is 2.00 e. The number of nitrogens with zero attached hydrogens (tertiary/aromatic N) is 4. The molecule has 300 valence electrons. The van der Waals surface area contributed by atoms with E-state index in [1.165, 1.54) is 61.3 Å². The molecule has 0 N–H and O–H groups in total. The van der Waals surface area contributed by atoms with Crippen molar-refractivity contribution in [2.24, 2.45) is 16.1 Å². The van der Waals surface area contributed by atoms with Gasteiger partial charge in [-0.15, -0.1) is 0 Å². The maximum atomic E-state index is 13.5. The molecule has 54 heavy (non-hydrogen) atoms. The molecule has 0 aromatic heterocycles. The van der Waals surface area contributed by atoms with Crippen molar-refractivity contribution in [3.05, 3.63) is 48.0 Å². The Bertz CT molecular complexity index is 1420. The molecular formula is C42H63N4O5S2Tc. The van der Waals surface area contributed by atoms with Crippen molar-refractivity contribution < 1.29 is 45.1 Å². The molecule has 0 spiro atoms. The van der Waals surface area contributed by atoms with Gasteiger partial charge in [-0.3, -0.25) is 9.69 Å². The van der Waals surface area contributed by atoms with Crippen molar-refractivity contribution >= 4 is 53.6 Å². The summed E-state index contributed by atoms with van der Waals surface area (Å²) in [6.45, 7) is 7.30. The van der Waals surface area contributed by atoms with Gasteiger partial charge in [0.05, 0.1) is 11.8 Å². The van der Waals surface area contributed by atoms with Gasteiger partial charge >= 0.3 is 26.1 Å². The predicted octanol–water partition coefficient (Wildman–Crippen LogP) is 7.05. The van der Waals surface area contributed by atoms with E-state index in [2.05, 4.69) is 76.3 Å². The Labute approximate surface area is 349 Å². The summed E-state index contributed by atoms with van der Waals surface area (Å²) >= 11 is 10.3. The summed E-state index contributed by atoms with van der Waals surface area (Å²) in [5.74, 6) is 1.03. The Morgan fingerprint density at radius 1 is 0.926 bits per heavy atom. The van der Waals surface area contributed by atoms with Crippen LogP contribution in [0.25, 0.3) is 10.8 Å². The number of rotatable bonds is 25. The number of carbonyl (C=O) groups excluding carboxylic acids is 1. The number of hydrogen-bond acceptors (Lipinski definition) is 10. The molecule has 5 unspecified atom stereocenters. The van der Waals surface area contributed by atoms with E-state index >= 15 is 0 Å². The summed E-state index contributed by atoms with van der Waals surface area (Å²) in [5.41, 5.74) is 2.31. The molecule has 2 aromatic carbocycles. The van der Waals surface area contributed by atoms with Gasteiger partial charge in [-0.1, -0.05) is 113 Å². The molecule has 0 amide bonds. The summed E-state index contributed by atoms with van der Waals surface area (Å²) in [6.07, 6.45) is 14.5. The molecule has 2 saturated heterocycles. The van der Waals surface area contributed by atoms with Crippen LogP contribution in [0.4, 0.5) is 0 Å². The molecule has 2 heterocycles. The number of aliphatic imine (C=N–C) groups is 1. The van der Waals surface area contributed by atoms with Crippen molar-refractivity contribution in [1.29, 1.82) is 0 Å². The number of carbonyl (C=O) groups is 1. The molecule has 0 saturated carbocycles. The first kappa shape index (κ1) is 48.5. The minimum absolute atomic E-state index is 0.